The van der Waals surface area contributed by atoms with Gasteiger partial charge >= 0.3 is 5.97 Å². The van der Waals surface area contributed by atoms with Gasteiger partial charge in [-0.1, -0.05) is 0 Å². The van der Waals surface area contributed by atoms with E-state index in [1.807, 2.05) is 0 Å². The highest BCUT2D eigenvalue weighted by atomic mass is 16.4. The Morgan fingerprint density at radius 1 is 1.61 bits per heavy atom. The van der Waals surface area contributed by atoms with Gasteiger partial charge in [-0.05, 0) is 18.9 Å². The van der Waals surface area contributed by atoms with Gasteiger partial charge in [-0.2, -0.15) is 0 Å². The van der Waals surface area contributed by atoms with E-state index in [0.29, 0.717) is 18.8 Å². The molecule has 18 heavy (non-hydrogen) atoms. The van der Waals surface area contributed by atoms with Gasteiger partial charge in [0, 0.05) is 12.7 Å². The minimum Gasteiger partial charge on any atom is -0.478 e. The van der Waals surface area contributed by atoms with Crippen LogP contribution < -0.4 is 16.4 Å². The second-order valence-electron chi connectivity index (χ2n) is 4.10. The van der Waals surface area contributed by atoms with Crippen molar-refractivity contribution in [1.29, 1.82) is 0 Å². The highest BCUT2D eigenvalue weighted by Gasteiger charge is 2.22. The summed E-state index contributed by atoms with van der Waals surface area (Å²) < 4.78 is 0. The Hall–Kier alpha value is -2.31. The lowest BCUT2D eigenvalue weighted by Crippen LogP contribution is -2.44. The Morgan fingerprint density at radius 3 is 3.00 bits per heavy atom. The number of nitrogens with one attached hydrogen (secondary N) is 2. The summed E-state index contributed by atoms with van der Waals surface area (Å²) >= 11 is 0. The molecule has 1 amide bonds. The van der Waals surface area contributed by atoms with E-state index in [-0.39, 0.29) is 23.2 Å². The maximum atomic E-state index is 11.5. The van der Waals surface area contributed by atoms with Crippen molar-refractivity contribution in [1.82, 2.24) is 10.3 Å². The third-order valence-corrected chi connectivity index (χ3v) is 2.76. The zero-order valence-corrected chi connectivity index (χ0v) is 9.64. The zero-order valence-electron chi connectivity index (χ0n) is 9.64. The van der Waals surface area contributed by atoms with E-state index < -0.39 is 5.97 Å². The summed E-state index contributed by atoms with van der Waals surface area (Å²) in [6.45, 7) is 0.678. The number of hydrogen-bond acceptors (Lipinski definition) is 5. The molecule has 0 aromatic carbocycles. The van der Waals surface area contributed by atoms with Crippen LogP contribution in [0.3, 0.4) is 0 Å². The van der Waals surface area contributed by atoms with Crippen molar-refractivity contribution in [3.05, 3.63) is 17.8 Å². The van der Waals surface area contributed by atoms with Crippen LogP contribution in [0.25, 0.3) is 0 Å². The molecule has 0 spiro atoms. The number of carboxylic acid groups (broad SMARTS) is 1. The predicted molar refractivity (Wildman–Crippen MR) is 65.3 cm³/mol. The summed E-state index contributed by atoms with van der Waals surface area (Å²) in [6.07, 6.45) is 2.80. The van der Waals surface area contributed by atoms with Crippen molar-refractivity contribution in [3.8, 4) is 0 Å². The lowest BCUT2D eigenvalue weighted by molar-refractivity contribution is -0.123. The van der Waals surface area contributed by atoms with Crippen LogP contribution in [0.1, 0.15) is 23.2 Å². The molecule has 1 aliphatic heterocycles. The van der Waals surface area contributed by atoms with Gasteiger partial charge in [0.1, 0.15) is 11.9 Å². The highest BCUT2D eigenvalue weighted by molar-refractivity contribution is 5.90. The van der Waals surface area contributed by atoms with Gasteiger partial charge in [-0.25, -0.2) is 9.78 Å². The molecule has 1 saturated heterocycles. The molecule has 0 saturated carbocycles. The van der Waals surface area contributed by atoms with Crippen molar-refractivity contribution in [3.63, 3.8) is 0 Å². The number of nitrogen functional groups attached to an aromatic ring is 1. The molecule has 1 aromatic heterocycles. The van der Waals surface area contributed by atoms with Gasteiger partial charge in [0.05, 0.1) is 11.3 Å². The second-order valence-corrected chi connectivity index (χ2v) is 4.10. The van der Waals surface area contributed by atoms with Crippen LogP contribution >= 0.6 is 0 Å². The fourth-order valence-corrected chi connectivity index (χ4v) is 1.79. The minimum atomic E-state index is -1.09. The Bertz CT molecular complexity index is 489. The standard InChI is InChI=1S/C11H14N4O3/c12-7-4-6(11(17)18)5-14-9(7)15-8-2-1-3-13-10(8)16/h4-5,8H,1-3,12H2,(H,13,16)(H,14,15)(H,17,18). The number of nitrogens with two attached hydrogens (primary N) is 1. The van der Waals surface area contributed by atoms with Crippen LogP contribution in [-0.4, -0.2) is 34.6 Å². The molecule has 0 bridgehead atoms. The van der Waals surface area contributed by atoms with Gasteiger partial charge in [0.25, 0.3) is 0 Å². The smallest absolute Gasteiger partial charge is 0.337 e. The van der Waals surface area contributed by atoms with Crippen LogP contribution in [0.15, 0.2) is 12.3 Å². The largest absolute Gasteiger partial charge is 0.478 e. The molecule has 2 heterocycles. The quantitative estimate of drug-likeness (QED) is 0.602. The monoisotopic (exact) mass is 250 g/mol. The van der Waals surface area contributed by atoms with Gasteiger partial charge in [0.2, 0.25) is 5.91 Å². The molecule has 5 N–H and O–H groups in total. The lowest BCUT2D eigenvalue weighted by atomic mass is 10.1. The number of anilines is 2. The van der Waals surface area contributed by atoms with E-state index >= 15 is 0 Å². The van der Waals surface area contributed by atoms with Gasteiger partial charge in [-0.15, -0.1) is 0 Å². The number of hydrogen-bond donors (Lipinski definition) is 4. The first kappa shape index (κ1) is 12.2. The number of amides is 1. The fourth-order valence-electron chi connectivity index (χ4n) is 1.79. The van der Waals surface area contributed by atoms with Crippen molar-refractivity contribution < 1.29 is 14.7 Å². The zero-order chi connectivity index (χ0) is 13.1. The molecule has 1 fully saturated rings. The van der Waals surface area contributed by atoms with Gasteiger partial charge in [0.15, 0.2) is 0 Å². The Labute approximate surface area is 103 Å². The predicted octanol–water partition coefficient (Wildman–Crippen LogP) is 0.0525. The molecule has 1 aromatic rings. The van der Waals surface area contributed by atoms with E-state index in [9.17, 15) is 9.59 Å². The van der Waals surface area contributed by atoms with E-state index in [0.717, 1.165) is 6.42 Å². The summed E-state index contributed by atoms with van der Waals surface area (Å²) in [5.41, 5.74) is 5.94. The minimum absolute atomic E-state index is 0.0196. The maximum absolute atomic E-state index is 11.5. The number of aromatic nitrogens is 1. The molecule has 1 aliphatic rings. The van der Waals surface area contributed by atoms with Crippen LogP contribution in [0.2, 0.25) is 0 Å². The first-order chi connectivity index (χ1) is 8.58. The Morgan fingerprint density at radius 2 is 2.39 bits per heavy atom. The molecule has 7 heteroatoms. The average molecular weight is 250 g/mol. The normalized spacial score (nSPS) is 19.1. The first-order valence-electron chi connectivity index (χ1n) is 5.61. The average Bonchev–Trinajstić information content (AvgIpc) is 2.34. The van der Waals surface area contributed by atoms with Gasteiger partial charge < -0.3 is 21.5 Å². The summed E-state index contributed by atoms with van der Waals surface area (Å²) in [6, 6.07) is 0.947. The summed E-state index contributed by atoms with van der Waals surface area (Å²) in [4.78, 5) is 26.2. The molecule has 1 atom stereocenters. The number of aromatic carboxylic acids is 1. The molecule has 7 nitrogen and oxygen atoms in total. The van der Waals surface area contributed by atoms with Crippen LogP contribution in [0.4, 0.5) is 11.5 Å². The molecule has 0 aliphatic carbocycles. The third kappa shape index (κ3) is 2.50. The van der Waals surface area contributed by atoms with Crippen LogP contribution in [-0.2, 0) is 4.79 Å². The van der Waals surface area contributed by atoms with E-state index in [1.165, 1.54) is 12.3 Å². The molecular weight excluding hydrogens is 236 g/mol. The number of piperidine rings is 1. The van der Waals surface area contributed by atoms with Crippen LogP contribution in [0, 0.1) is 0 Å². The Kier molecular flexibility index (Phi) is 3.31. The number of carboxylic acids is 1. The maximum Gasteiger partial charge on any atom is 0.337 e. The second kappa shape index (κ2) is 4.91. The number of carbonyl (C=O) groups excluding carboxylic acids is 1. The van der Waals surface area contributed by atoms with E-state index in [1.54, 1.807) is 0 Å². The van der Waals surface area contributed by atoms with Crippen molar-refractivity contribution >= 4 is 23.4 Å². The molecular formula is C11H14N4O3. The van der Waals surface area contributed by atoms with E-state index in [2.05, 4.69) is 15.6 Å². The number of rotatable bonds is 3. The SMILES string of the molecule is Nc1cc(C(=O)O)cnc1NC1CCCNC1=O. The first-order valence-corrected chi connectivity index (χ1v) is 5.61. The topological polar surface area (TPSA) is 117 Å². The fraction of sp³-hybridized carbons (Fsp3) is 0.364. The third-order valence-electron chi connectivity index (χ3n) is 2.76. The van der Waals surface area contributed by atoms with Gasteiger partial charge in [-0.3, -0.25) is 4.79 Å². The highest BCUT2D eigenvalue weighted by Crippen LogP contribution is 2.19. The Balaban J connectivity index is 2.14. The number of nitrogens with zero attached hydrogens (tertiary/aromatic N) is 1. The van der Waals surface area contributed by atoms with Crippen molar-refractivity contribution in [2.24, 2.45) is 0 Å². The molecule has 2 rings (SSSR count). The summed E-state index contributed by atoms with van der Waals surface area (Å²) in [7, 11) is 0. The van der Waals surface area contributed by atoms with E-state index in [4.69, 9.17) is 10.8 Å². The lowest BCUT2D eigenvalue weighted by Gasteiger charge is -2.23. The molecule has 96 valence electrons. The molecule has 1 unspecified atom stereocenters. The summed E-state index contributed by atoms with van der Waals surface area (Å²) in [5, 5.41) is 14.4. The number of carbonyl (C=O) groups is 2. The summed E-state index contributed by atoms with van der Waals surface area (Å²) in [5.74, 6) is -0.844. The molecule has 0 radical (unpaired) electrons. The van der Waals surface area contributed by atoms with Crippen LogP contribution in [0.5, 0.6) is 0 Å². The number of pyridine rings is 1. The van der Waals surface area contributed by atoms with Crippen molar-refractivity contribution in [2.75, 3.05) is 17.6 Å². The van der Waals surface area contributed by atoms with Crippen molar-refractivity contribution in [2.45, 2.75) is 18.9 Å².